The summed E-state index contributed by atoms with van der Waals surface area (Å²) in [5, 5.41) is 3.81. The van der Waals surface area contributed by atoms with Crippen LogP contribution in [0.25, 0.3) is 0 Å². The van der Waals surface area contributed by atoms with Gasteiger partial charge in [-0.15, -0.1) is 0 Å². The molecule has 2 rings (SSSR count). The standard InChI is InChI=1S/C19H23Cl2N3O/c1-4-24(12-14-5-8-16(9-6-14)23(2)3)13-19(25)22-18-10-7-15(20)11-17(18)21/h5-11H,4,12-13H2,1-3H3,(H,22,25). The van der Waals surface area contributed by atoms with Gasteiger partial charge in [-0.25, -0.2) is 0 Å². The van der Waals surface area contributed by atoms with E-state index in [-0.39, 0.29) is 5.91 Å². The summed E-state index contributed by atoms with van der Waals surface area (Å²) < 4.78 is 0. The number of halogens is 2. The zero-order valence-electron chi connectivity index (χ0n) is 14.7. The predicted molar refractivity (Wildman–Crippen MR) is 107 cm³/mol. The fourth-order valence-electron chi connectivity index (χ4n) is 2.42. The maximum atomic E-state index is 12.3. The Bertz CT molecular complexity index is 717. The first-order valence-electron chi connectivity index (χ1n) is 8.12. The Labute approximate surface area is 159 Å². The van der Waals surface area contributed by atoms with Crippen LogP contribution in [0.4, 0.5) is 11.4 Å². The zero-order valence-corrected chi connectivity index (χ0v) is 16.2. The van der Waals surface area contributed by atoms with E-state index < -0.39 is 0 Å². The maximum Gasteiger partial charge on any atom is 0.238 e. The first-order valence-corrected chi connectivity index (χ1v) is 8.88. The third-order valence-electron chi connectivity index (χ3n) is 3.88. The van der Waals surface area contributed by atoms with E-state index >= 15 is 0 Å². The monoisotopic (exact) mass is 379 g/mol. The minimum absolute atomic E-state index is 0.101. The fraction of sp³-hybridized carbons (Fsp3) is 0.316. The molecule has 6 heteroatoms. The van der Waals surface area contributed by atoms with Gasteiger partial charge in [0.2, 0.25) is 5.91 Å². The number of nitrogens with zero attached hydrogens (tertiary/aromatic N) is 2. The molecule has 0 heterocycles. The van der Waals surface area contributed by atoms with Crippen molar-refractivity contribution in [3.05, 3.63) is 58.1 Å². The average Bonchev–Trinajstić information content (AvgIpc) is 2.57. The van der Waals surface area contributed by atoms with E-state index in [0.29, 0.717) is 28.8 Å². The van der Waals surface area contributed by atoms with E-state index in [2.05, 4.69) is 39.4 Å². The highest BCUT2D eigenvalue weighted by Gasteiger charge is 2.12. The minimum atomic E-state index is -0.101. The molecular weight excluding hydrogens is 357 g/mol. The lowest BCUT2D eigenvalue weighted by molar-refractivity contribution is -0.117. The van der Waals surface area contributed by atoms with Crippen LogP contribution in [0.3, 0.4) is 0 Å². The van der Waals surface area contributed by atoms with Gasteiger partial charge in [-0.1, -0.05) is 42.3 Å². The van der Waals surface area contributed by atoms with Gasteiger partial charge in [0.25, 0.3) is 0 Å². The number of amides is 1. The van der Waals surface area contributed by atoms with Gasteiger partial charge in [0.05, 0.1) is 17.3 Å². The Hall–Kier alpha value is -1.75. The van der Waals surface area contributed by atoms with Crippen molar-refractivity contribution in [2.75, 3.05) is 37.4 Å². The first-order chi connectivity index (χ1) is 11.9. The van der Waals surface area contributed by atoms with Crippen LogP contribution >= 0.6 is 23.2 Å². The van der Waals surface area contributed by atoms with Gasteiger partial charge in [0.15, 0.2) is 0 Å². The molecule has 4 nitrogen and oxygen atoms in total. The molecule has 1 amide bonds. The molecular formula is C19H23Cl2N3O. The maximum absolute atomic E-state index is 12.3. The quantitative estimate of drug-likeness (QED) is 0.767. The number of hydrogen-bond donors (Lipinski definition) is 1. The lowest BCUT2D eigenvalue weighted by atomic mass is 10.2. The highest BCUT2D eigenvalue weighted by Crippen LogP contribution is 2.25. The summed E-state index contributed by atoms with van der Waals surface area (Å²) in [6, 6.07) is 13.4. The smallest absolute Gasteiger partial charge is 0.238 e. The Kier molecular flexibility index (Phi) is 7.12. The van der Waals surface area contributed by atoms with Crippen molar-refractivity contribution in [2.45, 2.75) is 13.5 Å². The van der Waals surface area contributed by atoms with Gasteiger partial charge in [0, 0.05) is 31.4 Å². The van der Waals surface area contributed by atoms with Crippen LogP contribution in [0.2, 0.25) is 10.0 Å². The van der Waals surface area contributed by atoms with E-state index in [4.69, 9.17) is 23.2 Å². The normalized spacial score (nSPS) is 10.8. The Morgan fingerprint density at radius 3 is 2.32 bits per heavy atom. The van der Waals surface area contributed by atoms with Crippen LogP contribution in [-0.2, 0) is 11.3 Å². The molecule has 0 aliphatic heterocycles. The molecule has 2 aromatic carbocycles. The molecule has 0 atom stereocenters. The van der Waals surface area contributed by atoms with E-state index in [1.54, 1.807) is 18.2 Å². The van der Waals surface area contributed by atoms with Gasteiger partial charge in [-0.2, -0.15) is 0 Å². The summed E-state index contributed by atoms with van der Waals surface area (Å²) in [4.78, 5) is 16.4. The molecule has 0 saturated carbocycles. The molecule has 0 aliphatic rings. The van der Waals surface area contributed by atoms with Crippen LogP contribution in [0.1, 0.15) is 12.5 Å². The van der Waals surface area contributed by atoms with Gasteiger partial charge in [-0.05, 0) is 42.4 Å². The molecule has 0 aromatic heterocycles. The highest BCUT2D eigenvalue weighted by molar-refractivity contribution is 6.36. The van der Waals surface area contributed by atoms with E-state index in [1.165, 1.54) is 5.56 Å². The summed E-state index contributed by atoms with van der Waals surface area (Å²) in [5.41, 5.74) is 2.90. The molecule has 1 N–H and O–H groups in total. The molecule has 0 aliphatic carbocycles. The molecule has 2 aromatic rings. The van der Waals surface area contributed by atoms with Crippen LogP contribution in [-0.4, -0.2) is 38.0 Å². The van der Waals surface area contributed by atoms with Crippen molar-refractivity contribution in [2.24, 2.45) is 0 Å². The van der Waals surface area contributed by atoms with Crippen LogP contribution < -0.4 is 10.2 Å². The Morgan fingerprint density at radius 1 is 1.08 bits per heavy atom. The number of rotatable bonds is 7. The summed E-state index contributed by atoms with van der Waals surface area (Å²) in [7, 11) is 4.03. The summed E-state index contributed by atoms with van der Waals surface area (Å²) >= 11 is 12.0. The van der Waals surface area contributed by atoms with Gasteiger partial charge in [0.1, 0.15) is 0 Å². The van der Waals surface area contributed by atoms with Gasteiger partial charge < -0.3 is 10.2 Å². The van der Waals surface area contributed by atoms with Crippen molar-refractivity contribution >= 4 is 40.5 Å². The molecule has 0 unspecified atom stereocenters. The van der Waals surface area contributed by atoms with Crippen molar-refractivity contribution in [3.8, 4) is 0 Å². The van der Waals surface area contributed by atoms with Crippen molar-refractivity contribution in [1.82, 2.24) is 4.90 Å². The second kappa shape index (κ2) is 9.09. The fourth-order valence-corrected chi connectivity index (χ4v) is 2.88. The molecule has 25 heavy (non-hydrogen) atoms. The van der Waals surface area contributed by atoms with E-state index in [9.17, 15) is 4.79 Å². The van der Waals surface area contributed by atoms with Gasteiger partial charge in [-0.3, -0.25) is 9.69 Å². The average molecular weight is 380 g/mol. The number of hydrogen-bond acceptors (Lipinski definition) is 3. The topological polar surface area (TPSA) is 35.6 Å². The predicted octanol–water partition coefficient (Wildman–Crippen LogP) is 4.52. The van der Waals surface area contributed by atoms with Crippen LogP contribution in [0, 0.1) is 0 Å². The highest BCUT2D eigenvalue weighted by atomic mass is 35.5. The van der Waals surface area contributed by atoms with Crippen LogP contribution in [0.5, 0.6) is 0 Å². The first kappa shape index (κ1) is 19.6. The van der Waals surface area contributed by atoms with Crippen molar-refractivity contribution < 1.29 is 4.79 Å². The molecule has 0 spiro atoms. The molecule has 0 saturated heterocycles. The second-order valence-electron chi connectivity index (χ2n) is 6.04. The lowest BCUT2D eigenvalue weighted by Gasteiger charge is -2.21. The SMILES string of the molecule is CCN(CC(=O)Nc1ccc(Cl)cc1Cl)Cc1ccc(N(C)C)cc1. The molecule has 134 valence electrons. The third kappa shape index (κ3) is 5.92. The molecule has 0 radical (unpaired) electrons. The molecule has 0 fully saturated rings. The summed E-state index contributed by atoms with van der Waals surface area (Å²) in [5.74, 6) is -0.101. The largest absolute Gasteiger partial charge is 0.378 e. The number of benzene rings is 2. The Morgan fingerprint density at radius 2 is 1.76 bits per heavy atom. The minimum Gasteiger partial charge on any atom is -0.378 e. The summed E-state index contributed by atoms with van der Waals surface area (Å²) in [6.45, 7) is 3.82. The Balaban J connectivity index is 1.95. The lowest BCUT2D eigenvalue weighted by Crippen LogP contribution is -2.32. The van der Waals surface area contributed by atoms with E-state index in [0.717, 1.165) is 12.2 Å². The van der Waals surface area contributed by atoms with Gasteiger partial charge >= 0.3 is 0 Å². The second-order valence-corrected chi connectivity index (χ2v) is 6.88. The molecule has 0 bridgehead atoms. The summed E-state index contributed by atoms with van der Waals surface area (Å²) in [6.07, 6.45) is 0. The van der Waals surface area contributed by atoms with Crippen molar-refractivity contribution in [1.29, 1.82) is 0 Å². The number of nitrogens with one attached hydrogen (secondary N) is 1. The number of carbonyl (C=O) groups excluding carboxylic acids is 1. The number of anilines is 2. The van der Waals surface area contributed by atoms with Crippen molar-refractivity contribution in [3.63, 3.8) is 0 Å². The zero-order chi connectivity index (χ0) is 18.4. The van der Waals surface area contributed by atoms with E-state index in [1.807, 2.05) is 21.0 Å². The number of likely N-dealkylation sites (N-methyl/N-ethyl adjacent to an activating group) is 1. The number of carbonyl (C=O) groups is 1. The third-order valence-corrected chi connectivity index (χ3v) is 4.43. The van der Waals surface area contributed by atoms with Crippen LogP contribution in [0.15, 0.2) is 42.5 Å².